The van der Waals surface area contributed by atoms with E-state index in [1.54, 1.807) is 0 Å². The lowest BCUT2D eigenvalue weighted by molar-refractivity contribution is 0.593. The van der Waals surface area contributed by atoms with E-state index in [1.165, 1.54) is 44.9 Å². The quantitative estimate of drug-likeness (QED) is 0.198. The number of hydrazine groups is 1. The third kappa shape index (κ3) is 9.97. The summed E-state index contributed by atoms with van der Waals surface area (Å²) in [5.41, 5.74) is 2.70. The average Bonchev–Trinajstić information content (AvgIpc) is 2.32. The summed E-state index contributed by atoms with van der Waals surface area (Å²) in [5.74, 6) is 6.38. The highest BCUT2D eigenvalue weighted by Crippen LogP contribution is 2.08. The van der Waals surface area contributed by atoms with Crippen LogP contribution in [0, 0.1) is 0 Å². The maximum atomic E-state index is 5.41. The number of rotatable bonds is 10. The van der Waals surface area contributed by atoms with Gasteiger partial charge in [0.05, 0.1) is 0 Å². The van der Waals surface area contributed by atoms with E-state index >= 15 is 0 Å². The molecular formula is C13H29N3. The van der Waals surface area contributed by atoms with Crippen molar-refractivity contribution in [2.75, 3.05) is 6.54 Å². The van der Waals surface area contributed by atoms with Crippen LogP contribution in [0.1, 0.15) is 71.6 Å². The number of nitrogens with zero attached hydrogens (tertiary/aromatic N) is 1. The van der Waals surface area contributed by atoms with Crippen LogP contribution in [0.3, 0.4) is 0 Å². The smallest absolute Gasteiger partial charge is 0.110 e. The second-order valence-corrected chi connectivity index (χ2v) is 4.34. The topological polar surface area (TPSA) is 50.4 Å². The number of nitrogens with one attached hydrogen (secondary N) is 1. The van der Waals surface area contributed by atoms with Crippen LogP contribution in [0.25, 0.3) is 0 Å². The molecule has 3 N–H and O–H groups in total. The first-order valence-corrected chi connectivity index (χ1v) is 6.85. The predicted octanol–water partition coefficient (Wildman–Crippen LogP) is 3.40. The zero-order valence-corrected chi connectivity index (χ0v) is 11.1. The molecule has 0 unspecified atom stereocenters. The molecule has 0 atom stereocenters. The number of hydrogen-bond acceptors (Lipinski definition) is 2. The van der Waals surface area contributed by atoms with E-state index < -0.39 is 0 Å². The lowest BCUT2D eigenvalue weighted by atomic mass is 10.1. The van der Waals surface area contributed by atoms with Gasteiger partial charge in [0.1, 0.15) is 5.84 Å². The van der Waals surface area contributed by atoms with E-state index in [9.17, 15) is 0 Å². The Bertz CT molecular complexity index is 167. The number of unbranched alkanes of at least 4 members (excludes halogenated alkanes) is 6. The Morgan fingerprint density at radius 1 is 0.938 bits per heavy atom. The van der Waals surface area contributed by atoms with E-state index in [-0.39, 0.29) is 0 Å². The molecule has 0 aromatic carbocycles. The molecule has 0 rings (SSSR count). The minimum absolute atomic E-state index is 0.885. The van der Waals surface area contributed by atoms with Gasteiger partial charge in [-0.3, -0.25) is 4.99 Å². The molecule has 0 saturated carbocycles. The second-order valence-electron chi connectivity index (χ2n) is 4.34. The Balaban J connectivity index is 3.34. The first-order valence-electron chi connectivity index (χ1n) is 6.85. The fourth-order valence-corrected chi connectivity index (χ4v) is 1.69. The molecule has 0 radical (unpaired) electrons. The number of nitrogens with two attached hydrogens (primary N) is 1. The normalized spacial score (nSPS) is 11.8. The molecule has 0 aliphatic rings. The highest BCUT2D eigenvalue weighted by atomic mass is 15.2. The molecule has 0 aromatic rings. The maximum absolute atomic E-state index is 5.41. The van der Waals surface area contributed by atoms with Crippen molar-refractivity contribution >= 4 is 5.84 Å². The Morgan fingerprint density at radius 3 is 2.12 bits per heavy atom. The first kappa shape index (κ1) is 15.4. The molecule has 96 valence electrons. The molecule has 0 bridgehead atoms. The summed E-state index contributed by atoms with van der Waals surface area (Å²) in [6.07, 6.45) is 11.4. The van der Waals surface area contributed by atoms with Crippen molar-refractivity contribution in [3.63, 3.8) is 0 Å². The molecule has 16 heavy (non-hydrogen) atoms. The summed E-state index contributed by atoms with van der Waals surface area (Å²) in [6.45, 7) is 5.27. The SMILES string of the molecule is CCCCCCCCCC(=NCCC)NN. The largest absolute Gasteiger partial charge is 0.312 e. The lowest BCUT2D eigenvalue weighted by Gasteiger charge is -2.05. The molecule has 0 fully saturated rings. The fourth-order valence-electron chi connectivity index (χ4n) is 1.69. The fraction of sp³-hybridized carbons (Fsp3) is 0.923. The Kier molecular flexibility index (Phi) is 12.1. The molecule has 0 saturated heterocycles. The molecule has 0 heterocycles. The minimum Gasteiger partial charge on any atom is -0.312 e. The summed E-state index contributed by atoms with van der Waals surface area (Å²) in [4.78, 5) is 4.39. The highest BCUT2D eigenvalue weighted by molar-refractivity contribution is 5.81. The monoisotopic (exact) mass is 227 g/mol. The molecule has 0 amide bonds. The van der Waals surface area contributed by atoms with Gasteiger partial charge in [0.2, 0.25) is 0 Å². The molecule has 3 nitrogen and oxygen atoms in total. The van der Waals surface area contributed by atoms with Crippen molar-refractivity contribution in [1.82, 2.24) is 5.43 Å². The predicted molar refractivity (Wildman–Crippen MR) is 72.5 cm³/mol. The third-order valence-electron chi connectivity index (χ3n) is 2.71. The lowest BCUT2D eigenvalue weighted by Crippen LogP contribution is -2.30. The highest BCUT2D eigenvalue weighted by Gasteiger charge is 1.96. The van der Waals surface area contributed by atoms with Crippen molar-refractivity contribution < 1.29 is 0 Å². The number of amidine groups is 1. The van der Waals surface area contributed by atoms with Crippen LogP contribution in [0.5, 0.6) is 0 Å². The van der Waals surface area contributed by atoms with Crippen LogP contribution in [0.4, 0.5) is 0 Å². The summed E-state index contributed by atoms with van der Waals surface area (Å²) in [5, 5.41) is 0. The zero-order valence-electron chi connectivity index (χ0n) is 11.1. The standard InChI is InChI=1S/C13H29N3/c1-3-5-6-7-8-9-10-11-13(16-14)15-12-4-2/h3-12,14H2,1-2H3,(H,15,16). The van der Waals surface area contributed by atoms with Crippen LogP contribution in [-0.4, -0.2) is 12.4 Å². The van der Waals surface area contributed by atoms with Gasteiger partial charge in [0, 0.05) is 13.0 Å². The van der Waals surface area contributed by atoms with Crippen molar-refractivity contribution in [2.24, 2.45) is 10.8 Å². The summed E-state index contributed by atoms with van der Waals surface area (Å²) >= 11 is 0. The second kappa shape index (κ2) is 12.5. The van der Waals surface area contributed by atoms with Crippen molar-refractivity contribution in [3.8, 4) is 0 Å². The molecule has 3 heteroatoms. The molecule has 0 aliphatic heterocycles. The van der Waals surface area contributed by atoms with Gasteiger partial charge in [-0.05, 0) is 12.8 Å². The summed E-state index contributed by atoms with van der Waals surface area (Å²) < 4.78 is 0. The van der Waals surface area contributed by atoms with Crippen molar-refractivity contribution in [3.05, 3.63) is 0 Å². The molecule has 0 spiro atoms. The van der Waals surface area contributed by atoms with E-state index in [0.717, 1.165) is 25.2 Å². The van der Waals surface area contributed by atoms with Gasteiger partial charge in [0.25, 0.3) is 0 Å². The zero-order chi connectivity index (χ0) is 12.1. The maximum Gasteiger partial charge on any atom is 0.110 e. The molecule has 0 aromatic heterocycles. The van der Waals surface area contributed by atoms with Gasteiger partial charge in [-0.25, -0.2) is 5.84 Å². The van der Waals surface area contributed by atoms with Gasteiger partial charge < -0.3 is 5.43 Å². The van der Waals surface area contributed by atoms with Crippen LogP contribution >= 0.6 is 0 Å². The van der Waals surface area contributed by atoms with Crippen LogP contribution in [-0.2, 0) is 0 Å². The van der Waals surface area contributed by atoms with Crippen LogP contribution in [0.2, 0.25) is 0 Å². The Labute approximate surface area is 101 Å². The molecule has 0 aliphatic carbocycles. The van der Waals surface area contributed by atoms with E-state index in [1.807, 2.05) is 0 Å². The van der Waals surface area contributed by atoms with E-state index in [0.29, 0.717) is 0 Å². The van der Waals surface area contributed by atoms with Crippen molar-refractivity contribution in [2.45, 2.75) is 71.6 Å². The van der Waals surface area contributed by atoms with Crippen LogP contribution < -0.4 is 11.3 Å². The number of hydrogen-bond donors (Lipinski definition) is 2. The van der Waals surface area contributed by atoms with Crippen molar-refractivity contribution in [1.29, 1.82) is 0 Å². The summed E-state index contributed by atoms with van der Waals surface area (Å²) in [7, 11) is 0. The average molecular weight is 227 g/mol. The minimum atomic E-state index is 0.885. The van der Waals surface area contributed by atoms with Gasteiger partial charge in [-0.2, -0.15) is 0 Å². The summed E-state index contributed by atoms with van der Waals surface area (Å²) in [6, 6.07) is 0. The van der Waals surface area contributed by atoms with E-state index in [2.05, 4.69) is 24.3 Å². The van der Waals surface area contributed by atoms with Gasteiger partial charge >= 0.3 is 0 Å². The first-order chi connectivity index (χ1) is 7.85. The van der Waals surface area contributed by atoms with Gasteiger partial charge in [-0.15, -0.1) is 0 Å². The molecular weight excluding hydrogens is 198 g/mol. The van der Waals surface area contributed by atoms with Gasteiger partial charge in [-0.1, -0.05) is 52.4 Å². The van der Waals surface area contributed by atoms with E-state index in [4.69, 9.17) is 5.84 Å². The Hall–Kier alpha value is -0.570. The van der Waals surface area contributed by atoms with Gasteiger partial charge in [0.15, 0.2) is 0 Å². The van der Waals surface area contributed by atoms with Crippen LogP contribution in [0.15, 0.2) is 4.99 Å². The third-order valence-corrected chi connectivity index (χ3v) is 2.71. The number of aliphatic imine (C=N–C) groups is 1. The Morgan fingerprint density at radius 2 is 1.56 bits per heavy atom.